The summed E-state index contributed by atoms with van der Waals surface area (Å²) in [5.41, 5.74) is 0.179. The second-order valence-corrected chi connectivity index (χ2v) is 8.21. The number of anilines is 1. The second-order valence-electron chi connectivity index (χ2n) is 7.15. The zero-order chi connectivity index (χ0) is 21.4. The Morgan fingerprint density at radius 2 is 1.86 bits per heavy atom. The van der Waals surface area contributed by atoms with Crippen molar-refractivity contribution in [2.75, 3.05) is 11.9 Å². The van der Waals surface area contributed by atoms with Gasteiger partial charge < -0.3 is 25.0 Å². The van der Waals surface area contributed by atoms with Crippen molar-refractivity contribution in [1.29, 1.82) is 0 Å². The molecule has 2 amide bonds. The first kappa shape index (κ1) is 22.6. The Bertz CT molecular complexity index is 806. The standard InChI is InChI=1S/C19H25N3O6S/c1-19(2,3)28-18(26)22-16-20-10-14(29-16)15(24)13(23)9-21-17(25)27-11-12-7-5-4-6-8-12/h4-8,10,13,15,23-24H,9,11H2,1-3H3,(H,21,25)(H,20,22,26). The van der Waals surface area contributed by atoms with Crippen LogP contribution < -0.4 is 10.6 Å². The first-order valence-electron chi connectivity index (χ1n) is 8.90. The number of benzene rings is 1. The van der Waals surface area contributed by atoms with Gasteiger partial charge in [-0.05, 0) is 26.3 Å². The molecular formula is C19H25N3O6S. The molecule has 9 nitrogen and oxygen atoms in total. The van der Waals surface area contributed by atoms with Crippen LogP contribution >= 0.6 is 11.3 Å². The van der Waals surface area contributed by atoms with Crippen molar-refractivity contribution < 1.29 is 29.3 Å². The molecule has 158 valence electrons. The number of aliphatic hydroxyl groups excluding tert-OH is 2. The smallest absolute Gasteiger partial charge is 0.413 e. The number of hydrogen-bond donors (Lipinski definition) is 4. The quantitative estimate of drug-likeness (QED) is 0.539. The fourth-order valence-electron chi connectivity index (χ4n) is 2.14. The van der Waals surface area contributed by atoms with Crippen LogP contribution in [0.1, 0.15) is 37.3 Å². The number of carbonyl (C=O) groups excluding carboxylic acids is 2. The van der Waals surface area contributed by atoms with Crippen LogP contribution in [0.4, 0.5) is 14.7 Å². The zero-order valence-electron chi connectivity index (χ0n) is 16.4. The Kier molecular flexibility index (Phi) is 7.94. The molecule has 29 heavy (non-hydrogen) atoms. The molecule has 0 bridgehead atoms. The monoisotopic (exact) mass is 423 g/mol. The van der Waals surface area contributed by atoms with E-state index in [1.165, 1.54) is 6.20 Å². The summed E-state index contributed by atoms with van der Waals surface area (Å²) < 4.78 is 10.2. The molecule has 1 aromatic carbocycles. The fourth-order valence-corrected chi connectivity index (χ4v) is 2.98. The second kappa shape index (κ2) is 10.2. The third-order valence-electron chi connectivity index (χ3n) is 3.46. The highest BCUT2D eigenvalue weighted by atomic mass is 32.1. The van der Waals surface area contributed by atoms with Crippen molar-refractivity contribution in [2.45, 2.75) is 45.2 Å². The minimum absolute atomic E-state index is 0.0971. The highest BCUT2D eigenvalue weighted by Crippen LogP contribution is 2.27. The third-order valence-corrected chi connectivity index (χ3v) is 4.44. The molecule has 1 heterocycles. The van der Waals surface area contributed by atoms with Crippen LogP contribution in [0.2, 0.25) is 0 Å². The molecule has 1 aromatic heterocycles. The molecule has 2 rings (SSSR count). The molecule has 10 heteroatoms. The van der Waals surface area contributed by atoms with Crippen LogP contribution in [0.3, 0.4) is 0 Å². The van der Waals surface area contributed by atoms with E-state index < -0.39 is 30.0 Å². The normalized spacial score (nSPS) is 13.3. The number of rotatable bonds is 7. The predicted molar refractivity (Wildman–Crippen MR) is 108 cm³/mol. The minimum Gasteiger partial charge on any atom is -0.445 e. The Balaban J connectivity index is 1.78. The maximum atomic E-state index is 11.7. The summed E-state index contributed by atoms with van der Waals surface area (Å²) in [5.74, 6) is 0. The molecule has 2 aromatic rings. The Hall–Kier alpha value is -2.69. The summed E-state index contributed by atoms with van der Waals surface area (Å²) >= 11 is 0.988. The van der Waals surface area contributed by atoms with E-state index in [0.717, 1.165) is 16.9 Å². The van der Waals surface area contributed by atoms with Gasteiger partial charge in [-0.1, -0.05) is 41.7 Å². The van der Waals surface area contributed by atoms with E-state index in [0.29, 0.717) is 4.88 Å². The van der Waals surface area contributed by atoms with Crippen LogP contribution in [-0.4, -0.2) is 45.6 Å². The molecule has 0 saturated heterocycles. The van der Waals surface area contributed by atoms with E-state index in [-0.39, 0.29) is 18.3 Å². The Morgan fingerprint density at radius 3 is 2.52 bits per heavy atom. The molecule has 0 spiro atoms. The van der Waals surface area contributed by atoms with Gasteiger partial charge in [-0.3, -0.25) is 5.32 Å². The summed E-state index contributed by atoms with van der Waals surface area (Å²) in [5, 5.41) is 25.4. The van der Waals surface area contributed by atoms with Crippen LogP contribution in [0.5, 0.6) is 0 Å². The first-order chi connectivity index (χ1) is 13.6. The lowest BCUT2D eigenvalue weighted by Gasteiger charge is -2.19. The number of nitrogens with zero attached hydrogens (tertiary/aromatic N) is 1. The lowest BCUT2D eigenvalue weighted by atomic mass is 10.2. The molecule has 0 saturated carbocycles. The SMILES string of the molecule is CC(C)(C)OC(=O)Nc1ncc(C(O)C(O)CNC(=O)OCc2ccccc2)s1. The van der Waals surface area contributed by atoms with Crippen molar-refractivity contribution in [3.05, 3.63) is 47.0 Å². The number of aliphatic hydroxyl groups is 2. The summed E-state index contributed by atoms with van der Waals surface area (Å²) in [6.07, 6.45) is -2.63. The molecule has 0 aliphatic carbocycles. The summed E-state index contributed by atoms with van der Waals surface area (Å²) in [4.78, 5) is 27.8. The van der Waals surface area contributed by atoms with Crippen molar-refractivity contribution in [1.82, 2.24) is 10.3 Å². The van der Waals surface area contributed by atoms with Crippen LogP contribution in [-0.2, 0) is 16.1 Å². The van der Waals surface area contributed by atoms with Gasteiger partial charge in [-0.15, -0.1) is 0 Å². The molecule has 2 unspecified atom stereocenters. The molecular weight excluding hydrogens is 398 g/mol. The topological polar surface area (TPSA) is 130 Å². The predicted octanol–water partition coefficient (Wildman–Crippen LogP) is 2.81. The number of nitrogens with one attached hydrogen (secondary N) is 2. The van der Waals surface area contributed by atoms with Crippen molar-refractivity contribution in [3.8, 4) is 0 Å². The summed E-state index contributed by atoms with van der Waals surface area (Å²) in [7, 11) is 0. The van der Waals surface area contributed by atoms with Gasteiger partial charge in [0.15, 0.2) is 5.13 Å². The number of hydrogen-bond acceptors (Lipinski definition) is 8. The van der Waals surface area contributed by atoms with Gasteiger partial charge in [0.05, 0.1) is 4.88 Å². The number of amides is 2. The van der Waals surface area contributed by atoms with Gasteiger partial charge in [0.25, 0.3) is 0 Å². The van der Waals surface area contributed by atoms with E-state index in [2.05, 4.69) is 15.6 Å². The number of aromatic nitrogens is 1. The number of ether oxygens (including phenoxy) is 2. The average Bonchev–Trinajstić information content (AvgIpc) is 3.11. The van der Waals surface area contributed by atoms with E-state index >= 15 is 0 Å². The maximum absolute atomic E-state index is 11.7. The van der Waals surface area contributed by atoms with Gasteiger partial charge in [-0.25, -0.2) is 14.6 Å². The molecule has 0 aliphatic rings. The molecule has 0 aliphatic heterocycles. The Labute approximate surface area is 172 Å². The van der Waals surface area contributed by atoms with E-state index in [9.17, 15) is 19.8 Å². The first-order valence-corrected chi connectivity index (χ1v) is 9.72. The summed E-state index contributed by atoms with van der Waals surface area (Å²) in [6, 6.07) is 9.15. The maximum Gasteiger partial charge on any atom is 0.413 e. The molecule has 0 fully saturated rings. The highest BCUT2D eigenvalue weighted by Gasteiger charge is 2.23. The van der Waals surface area contributed by atoms with Gasteiger partial charge in [0.1, 0.15) is 24.4 Å². The summed E-state index contributed by atoms with van der Waals surface area (Å²) in [6.45, 7) is 5.08. The molecule has 4 N–H and O–H groups in total. The van der Waals surface area contributed by atoms with Crippen LogP contribution in [0.25, 0.3) is 0 Å². The minimum atomic E-state index is -1.30. The van der Waals surface area contributed by atoms with Gasteiger partial charge in [-0.2, -0.15) is 0 Å². The Morgan fingerprint density at radius 1 is 1.17 bits per heavy atom. The highest BCUT2D eigenvalue weighted by molar-refractivity contribution is 7.15. The molecule has 0 radical (unpaired) electrons. The third kappa shape index (κ3) is 8.06. The lowest BCUT2D eigenvalue weighted by molar-refractivity contribution is 0.0204. The number of thiazole rings is 1. The van der Waals surface area contributed by atoms with Gasteiger partial charge >= 0.3 is 12.2 Å². The van der Waals surface area contributed by atoms with Crippen LogP contribution in [0, 0.1) is 0 Å². The van der Waals surface area contributed by atoms with E-state index in [4.69, 9.17) is 9.47 Å². The number of alkyl carbamates (subject to hydrolysis) is 1. The van der Waals surface area contributed by atoms with Crippen LogP contribution in [0.15, 0.2) is 36.5 Å². The van der Waals surface area contributed by atoms with Gasteiger partial charge in [0.2, 0.25) is 0 Å². The fraction of sp³-hybridized carbons (Fsp3) is 0.421. The van der Waals surface area contributed by atoms with Gasteiger partial charge in [0, 0.05) is 12.7 Å². The van der Waals surface area contributed by atoms with E-state index in [1.807, 2.05) is 30.3 Å². The largest absolute Gasteiger partial charge is 0.445 e. The lowest BCUT2D eigenvalue weighted by Crippen LogP contribution is -2.35. The average molecular weight is 423 g/mol. The zero-order valence-corrected chi connectivity index (χ0v) is 17.2. The molecule has 2 atom stereocenters. The van der Waals surface area contributed by atoms with Crippen molar-refractivity contribution in [2.24, 2.45) is 0 Å². The van der Waals surface area contributed by atoms with Crippen molar-refractivity contribution >= 4 is 28.7 Å². The number of carbonyl (C=O) groups is 2. The van der Waals surface area contributed by atoms with Crippen molar-refractivity contribution in [3.63, 3.8) is 0 Å². The van der Waals surface area contributed by atoms with E-state index in [1.54, 1.807) is 20.8 Å².